The molecule has 0 radical (unpaired) electrons. The number of benzene rings is 1. The molecule has 150 valence electrons. The minimum Gasteiger partial charge on any atom is -0.477 e. The van der Waals surface area contributed by atoms with Gasteiger partial charge in [0.25, 0.3) is 0 Å². The summed E-state index contributed by atoms with van der Waals surface area (Å²) in [6.45, 7) is 2.11. The topological polar surface area (TPSA) is 101 Å². The van der Waals surface area contributed by atoms with Crippen LogP contribution in [-0.2, 0) is 0 Å². The van der Waals surface area contributed by atoms with Crippen LogP contribution in [0.3, 0.4) is 0 Å². The molecule has 1 aromatic carbocycles. The fourth-order valence-electron chi connectivity index (χ4n) is 3.35. The average Bonchev–Trinajstić information content (AvgIpc) is 2.66. The second-order valence-corrected chi connectivity index (χ2v) is 6.86. The van der Waals surface area contributed by atoms with Crippen LogP contribution in [0.25, 0.3) is 16.7 Å². The maximum atomic E-state index is 14.7. The lowest BCUT2D eigenvalue weighted by Gasteiger charge is -2.45. The summed E-state index contributed by atoms with van der Waals surface area (Å²) in [5, 5.41) is 8.99. The molecular formula is C19H15F3N4O3. The minimum atomic E-state index is -1.57. The largest absolute Gasteiger partial charge is 0.477 e. The zero-order valence-corrected chi connectivity index (χ0v) is 15.1. The van der Waals surface area contributed by atoms with E-state index in [2.05, 4.69) is 4.98 Å². The van der Waals surface area contributed by atoms with Crippen molar-refractivity contribution in [1.82, 2.24) is 9.55 Å². The second kappa shape index (κ2) is 6.59. The third kappa shape index (κ3) is 2.92. The van der Waals surface area contributed by atoms with E-state index in [9.17, 15) is 27.9 Å². The van der Waals surface area contributed by atoms with E-state index in [1.165, 1.54) is 0 Å². The van der Waals surface area contributed by atoms with Gasteiger partial charge in [0.05, 0.1) is 11.1 Å². The van der Waals surface area contributed by atoms with Crippen LogP contribution in [0.1, 0.15) is 17.3 Å². The highest BCUT2D eigenvalue weighted by Crippen LogP contribution is 2.29. The van der Waals surface area contributed by atoms with Crippen LogP contribution in [-0.4, -0.2) is 39.3 Å². The van der Waals surface area contributed by atoms with Crippen LogP contribution < -0.4 is 16.1 Å². The first kappa shape index (κ1) is 18.9. The maximum Gasteiger partial charge on any atom is 0.341 e. The number of nitrogens with zero attached hydrogens (tertiary/aromatic N) is 3. The van der Waals surface area contributed by atoms with E-state index in [0.717, 1.165) is 29.0 Å². The van der Waals surface area contributed by atoms with Crippen LogP contribution in [0.5, 0.6) is 0 Å². The quantitative estimate of drug-likeness (QED) is 0.693. The van der Waals surface area contributed by atoms with E-state index in [4.69, 9.17) is 5.73 Å². The SMILES string of the molecule is C[C@H]1[C@H](N)CN1c1nc2c(cc1F)c(=O)c(C(=O)O)cn2-c1ccc(F)cc1F. The molecular weight excluding hydrogens is 389 g/mol. The number of rotatable bonds is 3. The predicted octanol–water partition coefficient (Wildman–Crippen LogP) is 2.04. The molecule has 7 nitrogen and oxygen atoms in total. The highest BCUT2D eigenvalue weighted by Gasteiger charge is 2.35. The molecule has 0 spiro atoms. The Morgan fingerprint density at radius 2 is 1.97 bits per heavy atom. The Morgan fingerprint density at radius 1 is 1.24 bits per heavy atom. The highest BCUT2D eigenvalue weighted by molar-refractivity contribution is 5.92. The highest BCUT2D eigenvalue weighted by atomic mass is 19.1. The van der Waals surface area contributed by atoms with Crippen molar-refractivity contribution in [1.29, 1.82) is 0 Å². The van der Waals surface area contributed by atoms with Gasteiger partial charge in [-0.2, -0.15) is 0 Å². The van der Waals surface area contributed by atoms with Gasteiger partial charge >= 0.3 is 5.97 Å². The fraction of sp³-hybridized carbons (Fsp3) is 0.211. The Morgan fingerprint density at radius 3 is 2.55 bits per heavy atom. The summed E-state index contributed by atoms with van der Waals surface area (Å²) >= 11 is 0. The van der Waals surface area contributed by atoms with Crippen molar-refractivity contribution in [3.05, 3.63) is 63.7 Å². The molecule has 0 saturated carbocycles. The fourth-order valence-corrected chi connectivity index (χ4v) is 3.35. The number of aromatic nitrogens is 2. The number of pyridine rings is 2. The Bertz CT molecular complexity index is 1230. The predicted molar refractivity (Wildman–Crippen MR) is 99.0 cm³/mol. The number of hydrogen-bond donors (Lipinski definition) is 2. The van der Waals surface area contributed by atoms with Crippen molar-refractivity contribution in [2.45, 2.75) is 19.0 Å². The molecule has 0 bridgehead atoms. The molecule has 3 aromatic rings. The molecule has 1 aliphatic rings. The molecule has 3 heterocycles. The smallest absolute Gasteiger partial charge is 0.341 e. The van der Waals surface area contributed by atoms with Crippen LogP contribution in [0.15, 0.2) is 35.3 Å². The lowest BCUT2D eigenvalue weighted by molar-refractivity contribution is 0.0695. The van der Waals surface area contributed by atoms with Gasteiger partial charge < -0.3 is 15.7 Å². The van der Waals surface area contributed by atoms with Crippen LogP contribution >= 0.6 is 0 Å². The first-order chi connectivity index (χ1) is 13.7. The zero-order chi connectivity index (χ0) is 21.0. The van der Waals surface area contributed by atoms with E-state index in [-0.39, 0.29) is 34.6 Å². The van der Waals surface area contributed by atoms with Gasteiger partial charge in [0.1, 0.15) is 17.2 Å². The molecule has 1 saturated heterocycles. The van der Waals surface area contributed by atoms with Gasteiger partial charge in [-0.15, -0.1) is 0 Å². The Hall–Kier alpha value is -3.40. The van der Waals surface area contributed by atoms with E-state index in [1.54, 1.807) is 11.8 Å². The van der Waals surface area contributed by atoms with E-state index < -0.39 is 34.4 Å². The third-order valence-corrected chi connectivity index (χ3v) is 5.10. The molecule has 1 fully saturated rings. The normalized spacial score (nSPS) is 18.7. The Balaban J connectivity index is 2.06. The first-order valence-corrected chi connectivity index (χ1v) is 8.66. The molecule has 2 atom stereocenters. The standard InChI is InChI=1S/C19H15F3N4O3/c1-8-14(23)7-25(8)18-13(22)5-10-16(27)11(19(28)29)6-26(17(10)24-18)15-3-2-9(20)4-12(15)21/h2-6,8,14H,7,23H2,1H3,(H,28,29)/t8-,14+/m0/s1. The number of aromatic carboxylic acids is 1. The van der Waals surface area contributed by atoms with E-state index in [0.29, 0.717) is 12.6 Å². The van der Waals surface area contributed by atoms with Crippen molar-refractivity contribution >= 4 is 22.8 Å². The Labute approximate surface area is 161 Å². The van der Waals surface area contributed by atoms with E-state index in [1.807, 2.05) is 0 Å². The lowest BCUT2D eigenvalue weighted by atomic mass is 9.99. The Kier molecular flexibility index (Phi) is 4.30. The van der Waals surface area contributed by atoms with Crippen molar-refractivity contribution in [2.75, 3.05) is 11.4 Å². The average molecular weight is 404 g/mol. The number of anilines is 1. The van der Waals surface area contributed by atoms with E-state index >= 15 is 0 Å². The van der Waals surface area contributed by atoms with Crippen molar-refractivity contribution in [2.24, 2.45) is 5.73 Å². The zero-order valence-electron chi connectivity index (χ0n) is 15.1. The summed E-state index contributed by atoms with van der Waals surface area (Å²) in [5.41, 5.74) is 3.79. The number of halogens is 3. The van der Waals surface area contributed by atoms with Crippen molar-refractivity contribution in [3.8, 4) is 5.69 Å². The summed E-state index contributed by atoms with van der Waals surface area (Å²) in [6, 6.07) is 3.15. The molecule has 0 amide bonds. The van der Waals surface area contributed by atoms with Crippen LogP contribution in [0, 0.1) is 17.5 Å². The number of fused-ring (bicyclic) bond motifs is 1. The summed E-state index contributed by atoms with van der Waals surface area (Å²) in [5.74, 6) is -4.33. The van der Waals surface area contributed by atoms with Crippen molar-refractivity contribution < 1.29 is 23.1 Å². The number of carboxylic acid groups (broad SMARTS) is 1. The maximum absolute atomic E-state index is 14.7. The summed E-state index contributed by atoms with van der Waals surface area (Å²) in [6.07, 6.45) is 0.892. The summed E-state index contributed by atoms with van der Waals surface area (Å²) in [7, 11) is 0. The first-order valence-electron chi connectivity index (χ1n) is 8.66. The second-order valence-electron chi connectivity index (χ2n) is 6.86. The molecule has 29 heavy (non-hydrogen) atoms. The van der Waals surface area contributed by atoms with Crippen LogP contribution in [0.2, 0.25) is 0 Å². The molecule has 0 aliphatic carbocycles. The van der Waals surface area contributed by atoms with Gasteiger partial charge in [-0.05, 0) is 25.1 Å². The number of carboxylic acids is 1. The van der Waals surface area contributed by atoms with Crippen LogP contribution in [0.4, 0.5) is 19.0 Å². The number of nitrogens with two attached hydrogens (primary N) is 1. The van der Waals surface area contributed by atoms with Gasteiger partial charge in [-0.3, -0.25) is 9.36 Å². The molecule has 4 rings (SSSR count). The van der Waals surface area contributed by atoms with Crippen molar-refractivity contribution in [3.63, 3.8) is 0 Å². The summed E-state index contributed by atoms with van der Waals surface area (Å²) < 4.78 is 43.4. The minimum absolute atomic E-state index is 0.0922. The van der Waals surface area contributed by atoms with Gasteiger partial charge in [0.15, 0.2) is 17.3 Å². The third-order valence-electron chi connectivity index (χ3n) is 5.10. The number of carbonyl (C=O) groups is 1. The monoisotopic (exact) mass is 404 g/mol. The molecule has 3 N–H and O–H groups in total. The lowest BCUT2D eigenvalue weighted by Crippen LogP contribution is -2.63. The van der Waals surface area contributed by atoms with Gasteiger partial charge in [-0.1, -0.05) is 0 Å². The summed E-state index contributed by atoms with van der Waals surface area (Å²) in [4.78, 5) is 29.8. The van der Waals surface area contributed by atoms with Gasteiger partial charge in [0.2, 0.25) is 5.43 Å². The molecule has 10 heteroatoms. The van der Waals surface area contributed by atoms with Gasteiger partial charge in [0, 0.05) is 30.9 Å². The molecule has 2 aromatic heterocycles. The number of hydrogen-bond acceptors (Lipinski definition) is 5. The molecule has 1 aliphatic heterocycles. The van der Waals surface area contributed by atoms with Gasteiger partial charge in [-0.25, -0.2) is 22.9 Å². The molecule has 0 unspecified atom stereocenters.